The summed E-state index contributed by atoms with van der Waals surface area (Å²) in [6.07, 6.45) is -0.236. The molecule has 0 aliphatic carbocycles. The molecule has 6 nitrogen and oxygen atoms in total. The van der Waals surface area contributed by atoms with E-state index in [4.69, 9.17) is 21.8 Å². The number of benzene rings is 1. The summed E-state index contributed by atoms with van der Waals surface area (Å²) >= 11 is 5.68. The Labute approximate surface area is 114 Å². The largest absolute Gasteiger partial charge is 0.565 e. The minimum absolute atomic E-state index is 0.0516. The maximum atomic E-state index is 11.8. The van der Waals surface area contributed by atoms with Crippen molar-refractivity contribution in [3.8, 4) is 0 Å². The highest BCUT2D eigenvalue weighted by Gasteiger charge is 2.28. The standard InChI is InChI=1S/C12H12ClNO5/c13-8-3-1-7(2-4-8)11(17)14-9(12(18)19)5-6-10(15)16/h1-4,9H,5-6H2,(H,14,17)(H,15,16)(H,18,19)/p+2. The number of hydrogen-bond acceptors (Lipinski definition) is 3. The van der Waals surface area contributed by atoms with Crippen molar-refractivity contribution in [3.63, 3.8) is 0 Å². The number of amides is 1. The van der Waals surface area contributed by atoms with Gasteiger partial charge in [-0.15, -0.1) is 0 Å². The summed E-state index contributed by atoms with van der Waals surface area (Å²) in [5, 5.41) is 16.6. The van der Waals surface area contributed by atoms with Crippen molar-refractivity contribution in [2.75, 3.05) is 0 Å². The van der Waals surface area contributed by atoms with E-state index >= 15 is 0 Å². The first-order chi connectivity index (χ1) is 8.90. The predicted molar refractivity (Wildman–Crippen MR) is 69.2 cm³/mol. The van der Waals surface area contributed by atoms with Gasteiger partial charge in [-0.25, -0.2) is 0 Å². The van der Waals surface area contributed by atoms with E-state index in [-0.39, 0.29) is 12.8 Å². The molecular formula is C12H14ClNO5+2. The Morgan fingerprint density at radius 3 is 2.21 bits per heavy atom. The molecule has 7 heteroatoms. The number of carbonyl (C=O) groups is 3. The van der Waals surface area contributed by atoms with Crippen molar-refractivity contribution >= 4 is 29.4 Å². The van der Waals surface area contributed by atoms with Gasteiger partial charge in [0.15, 0.2) is 6.04 Å². The average molecular weight is 288 g/mol. The lowest BCUT2D eigenvalue weighted by atomic mass is 10.1. The third-order valence-electron chi connectivity index (χ3n) is 2.39. The van der Waals surface area contributed by atoms with Crippen LogP contribution < -0.4 is 5.32 Å². The van der Waals surface area contributed by atoms with E-state index in [9.17, 15) is 14.4 Å². The second kappa shape index (κ2) is 6.75. The van der Waals surface area contributed by atoms with Crippen LogP contribution in [0.15, 0.2) is 24.3 Å². The van der Waals surface area contributed by atoms with Gasteiger partial charge >= 0.3 is 11.9 Å². The first kappa shape index (κ1) is 15.0. The summed E-state index contributed by atoms with van der Waals surface area (Å²) in [6.45, 7) is 0. The van der Waals surface area contributed by atoms with Gasteiger partial charge in [-0.2, -0.15) is 0 Å². The minimum atomic E-state index is -1.09. The summed E-state index contributed by atoms with van der Waals surface area (Å²) in [6, 6.07) is 4.94. The smallest absolute Gasteiger partial charge is 0.538 e. The van der Waals surface area contributed by atoms with Crippen LogP contribution >= 0.6 is 11.6 Å². The Balaban J connectivity index is 2.68. The average Bonchev–Trinajstić information content (AvgIpc) is 2.34. The third kappa shape index (κ3) is 4.97. The Hall–Kier alpha value is -2.08. The zero-order chi connectivity index (χ0) is 14.4. The van der Waals surface area contributed by atoms with Crippen LogP contribution in [-0.2, 0) is 9.59 Å². The molecule has 0 saturated heterocycles. The normalized spacial score (nSPS) is 11.6. The second-order valence-electron chi connectivity index (χ2n) is 3.86. The van der Waals surface area contributed by atoms with Crippen LogP contribution in [0, 0.1) is 0 Å². The van der Waals surface area contributed by atoms with Gasteiger partial charge in [0.25, 0.3) is 5.91 Å². The van der Waals surface area contributed by atoms with E-state index in [0.717, 1.165) is 0 Å². The molecule has 1 aromatic carbocycles. The topological polar surface area (TPSA) is 109 Å². The minimum Gasteiger partial charge on any atom is -0.565 e. The zero-order valence-corrected chi connectivity index (χ0v) is 10.7. The van der Waals surface area contributed by atoms with Gasteiger partial charge in [-0.1, -0.05) is 11.6 Å². The fraction of sp³-hybridized carbons (Fsp3) is 0.250. The van der Waals surface area contributed by atoms with Gasteiger partial charge in [0, 0.05) is 26.6 Å². The second-order valence-corrected chi connectivity index (χ2v) is 4.30. The maximum absolute atomic E-state index is 11.8. The number of nitrogens with one attached hydrogen (secondary N) is 1. The highest BCUT2D eigenvalue weighted by molar-refractivity contribution is 6.30. The first-order valence-corrected chi connectivity index (χ1v) is 5.84. The van der Waals surface area contributed by atoms with Gasteiger partial charge in [-0.3, -0.25) is 4.79 Å². The molecule has 0 aromatic heterocycles. The molecule has 0 saturated carbocycles. The molecule has 1 atom stereocenters. The fourth-order valence-electron chi connectivity index (χ4n) is 1.39. The lowest BCUT2D eigenvalue weighted by Gasteiger charge is -2.09. The van der Waals surface area contributed by atoms with Gasteiger partial charge in [-0.05, 0) is 24.3 Å². The molecule has 102 valence electrons. The van der Waals surface area contributed by atoms with Gasteiger partial charge in [0.1, 0.15) is 6.42 Å². The summed E-state index contributed by atoms with van der Waals surface area (Å²) in [5.41, 5.74) is 0.299. The lowest BCUT2D eigenvalue weighted by Crippen LogP contribution is -2.41. The molecule has 0 radical (unpaired) electrons. The van der Waals surface area contributed by atoms with Crippen molar-refractivity contribution in [3.05, 3.63) is 34.9 Å². The van der Waals surface area contributed by atoms with Gasteiger partial charge in [0.2, 0.25) is 0 Å². The SMILES string of the molecule is O=C([OH2+])CCC(NC(=O)c1ccc(Cl)cc1)C(=O)[OH2+]. The highest BCUT2D eigenvalue weighted by atomic mass is 35.5. The van der Waals surface area contributed by atoms with Crippen molar-refractivity contribution < 1.29 is 24.6 Å². The number of hydrogen-bond donors (Lipinski definition) is 1. The molecule has 0 fully saturated rings. The molecule has 1 rings (SSSR count). The van der Waals surface area contributed by atoms with Crippen molar-refractivity contribution in [1.82, 2.24) is 5.32 Å². The molecule has 1 aromatic rings. The molecule has 0 spiro atoms. The predicted octanol–water partition coefficient (Wildman–Crippen LogP) is -0.279. The summed E-state index contributed by atoms with van der Waals surface area (Å²) < 4.78 is 0. The molecule has 1 unspecified atom stereocenters. The molecule has 0 aliphatic rings. The van der Waals surface area contributed by atoms with Crippen LogP contribution in [0.1, 0.15) is 23.2 Å². The van der Waals surface area contributed by atoms with E-state index in [2.05, 4.69) is 5.32 Å². The van der Waals surface area contributed by atoms with Crippen LogP contribution in [-0.4, -0.2) is 34.1 Å². The van der Waals surface area contributed by atoms with Crippen molar-refractivity contribution in [2.45, 2.75) is 18.9 Å². The van der Waals surface area contributed by atoms with Crippen LogP contribution in [0.2, 0.25) is 5.02 Å². The van der Waals surface area contributed by atoms with E-state index in [1.54, 1.807) is 0 Å². The van der Waals surface area contributed by atoms with Crippen molar-refractivity contribution in [2.24, 2.45) is 0 Å². The van der Waals surface area contributed by atoms with Crippen LogP contribution in [0.25, 0.3) is 0 Å². The summed E-state index contributed by atoms with van der Waals surface area (Å²) in [4.78, 5) is 33.4. The summed E-state index contributed by atoms with van der Waals surface area (Å²) in [7, 11) is 0. The molecule has 5 N–H and O–H groups in total. The summed E-state index contributed by atoms with van der Waals surface area (Å²) in [5.74, 6) is -2.37. The Kier molecular flexibility index (Phi) is 5.32. The first-order valence-electron chi connectivity index (χ1n) is 5.46. The monoisotopic (exact) mass is 287 g/mol. The molecule has 0 bridgehead atoms. The van der Waals surface area contributed by atoms with E-state index in [1.807, 2.05) is 0 Å². The van der Waals surface area contributed by atoms with E-state index in [0.29, 0.717) is 10.6 Å². The van der Waals surface area contributed by atoms with Gasteiger partial charge in [0.05, 0.1) is 0 Å². The molecule has 1 amide bonds. The van der Waals surface area contributed by atoms with E-state index < -0.39 is 23.9 Å². The van der Waals surface area contributed by atoms with Crippen LogP contribution in [0.5, 0.6) is 0 Å². The van der Waals surface area contributed by atoms with E-state index in [1.165, 1.54) is 24.3 Å². The molecular weight excluding hydrogens is 274 g/mol. The highest BCUT2D eigenvalue weighted by Crippen LogP contribution is 2.10. The number of rotatable bonds is 6. The molecule has 0 aliphatic heterocycles. The third-order valence-corrected chi connectivity index (χ3v) is 2.64. The Morgan fingerprint density at radius 2 is 1.74 bits per heavy atom. The number of carbonyl (C=O) groups excluding carboxylic acids is 3. The number of halogens is 1. The van der Waals surface area contributed by atoms with Crippen molar-refractivity contribution in [1.29, 1.82) is 0 Å². The van der Waals surface area contributed by atoms with Crippen LogP contribution in [0.3, 0.4) is 0 Å². The molecule has 19 heavy (non-hydrogen) atoms. The lowest BCUT2D eigenvalue weighted by molar-refractivity contribution is -0.140. The van der Waals surface area contributed by atoms with Crippen LogP contribution in [0.4, 0.5) is 0 Å². The fourth-order valence-corrected chi connectivity index (χ4v) is 1.51. The Morgan fingerprint density at radius 1 is 1.16 bits per heavy atom. The molecule has 0 heterocycles. The maximum Gasteiger partial charge on any atom is 0.538 e. The quantitative estimate of drug-likeness (QED) is 0.727. The Bertz CT molecular complexity index is 485. The van der Waals surface area contributed by atoms with Gasteiger partial charge < -0.3 is 15.5 Å². The zero-order valence-electron chi connectivity index (χ0n) is 9.90.